The lowest BCUT2D eigenvalue weighted by molar-refractivity contribution is -0.124. The van der Waals surface area contributed by atoms with E-state index in [1.54, 1.807) is 13.8 Å². The normalized spacial score (nSPS) is 11.6. The van der Waals surface area contributed by atoms with E-state index < -0.39 is 36.2 Å². The van der Waals surface area contributed by atoms with Gasteiger partial charge in [-0.1, -0.05) is 6.07 Å². The van der Waals surface area contributed by atoms with Crippen LogP contribution in [0.5, 0.6) is 0 Å². The molecule has 2 rings (SSSR count). The summed E-state index contributed by atoms with van der Waals surface area (Å²) in [5, 5.41) is 5.41. The summed E-state index contributed by atoms with van der Waals surface area (Å²) in [6.45, 7) is 5.78. The van der Waals surface area contributed by atoms with Crippen LogP contribution in [0.25, 0.3) is 0 Å². The van der Waals surface area contributed by atoms with Crippen molar-refractivity contribution in [1.29, 1.82) is 0 Å². The molecule has 0 radical (unpaired) electrons. The van der Waals surface area contributed by atoms with Crippen molar-refractivity contribution >= 4 is 34.1 Å². The Labute approximate surface area is 164 Å². The second-order valence-electron chi connectivity index (χ2n) is 6.20. The summed E-state index contributed by atoms with van der Waals surface area (Å²) in [6, 6.07) is 2.31. The molecule has 0 fully saturated rings. The fraction of sp³-hybridized carbons (Fsp3) is 0.316. The minimum absolute atomic E-state index is 0.110. The second-order valence-corrected chi connectivity index (χ2v) is 7.42. The van der Waals surface area contributed by atoms with Gasteiger partial charge in [-0.05, 0) is 32.4 Å². The van der Waals surface area contributed by atoms with Crippen molar-refractivity contribution < 1.29 is 27.9 Å². The molecule has 6 nitrogen and oxygen atoms in total. The number of carbonyl (C=O) groups excluding carboxylic acids is 3. The van der Waals surface area contributed by atoms with Crippen LogP contribution in [-0.2, 0) is 14.3 Å². The lowest BCUT2D eigenvalue weighted by Crippen LogP contribution is -2.31. The van der Waals surface area contributed by atoms with E-state index in [0.29, 0.717) is 10.6 Å². The average molecular weight is 410 g/mol. The summed E-state index contributed by atoms with van der Waals surface area (Å²) in [4.78, 5) is 36.6. The molecule has 2 amide bonds. The van der Waals surface area contributed by atoms with Gasteiger partial charge in [-0.15, -0.1) is 11.3 Å². The van der Waals surface area contributed by atoms with Gasteiger partial charge in [-0.3, -0.25) is 9.59 Å². The summed E-state index contributed by atoms with van der Waals surface area (Å²) >= 11 is 1.24. The summed E-state index contributed by atoms with van der Waals surface area (Å²) in [7, 11) is 0. The zero-order valence-corrected chi connectivity index (χ0v) is 16.6. The third-order valence-electron chi connectivity index (χ3n) is 4.02. The number of nitrogens with one attached hydrogen (secondary N) is 2. The van der Waals surface area contributed by atoms with Gasteiger partial charge in [0.05, 0.1) is 11.6 Å². The summed E-state index contributed by atoms with van der Waals surface area (Å²) in [5.74, 6) is -3.22. The molecule has 150 valence electrons. The Morgan fingerprint density at radius 3 is 2.50 bits per heavy atom. The highest BCUT2D eigenvalue weighted by Crippen LogP contribution is 2.33. The van der Waals surface area contributed by atoms with E-state index in [9.17, 15) is 23.2 Å². The van der Waals surface area contributed by atoms with Crippen LogP contribution in [0.2, 0.25) is 0 Å². The average Bonchev–Trinajstić information content (AvgIpc) is 2.85. The number of halogens is 2. The van der Waals surface area contributed by atoms with Gasteiger partial charge in [0.1, 0.15) is 16.6 Å². The van der Waals surface area contributed by atoms with Gasteiger partial charge < -0.3 is 15.4 Å². The van der Waals surface area contributed by atoms with Gasteiger partial charge in [0.2, 0.25) is 5.91 Å². The maximum Gasteiger partial charge on any atom is 0.341 e. The highest BCUT2D eigenvalue weighted by atomic mass is 32.1. The van der Waals surface area contributed by atoms with E-state index in [2.05, 4.69) is 10.6 Å². The number of aryl methyl sites for hydroxylation is 1. The molecule has 1 aromatic heterocycles. The lowest BCUT2D eigenvalue weighted by Gasteiger charge is -2.15. The molecule has 28 heavy (non-hydrogen) atoms. The molecule has 0 saturated carbocycles. The molecule has 0 aliphatic rings. The van der Waals surface area contributed by atoms with Crippen LogP contribution in [0.3, 0.4) is 0 Å². The van der Waals surface area contributed by atoms with E-state index in [-0.39, 0.29) is 17.0 Å². The number of hydrogen-bond donors (Lipinski definition) is 2. The fourth-order valence-electron chi connectivity index (χ4n) is 2.54. The molecule has 2 N–H and O–H groups in total. The Hall–Kier alpha value is -2.81. The fourth-order valence-corrected chi connectivity index (χ4v) is 3.63. The molecule has 1 atom stereocenters. The second kappa shape index (κ2) is 8.92. The van der Waals surface area contributed by atoms with E-state index in [0.717, 1.165) is 17.0 Å². The molecule has 2 aromatic rings. The van der Waals surface area contributed by atoms with Gasteiger partial charge in [-0.25, -0.2) is 13.6 Å². The highest BCUT2D eigenvalue weighted by Gasteiger charge is 2.23. The van der Waals surface area contributed by atoms with Gasteiger partial charge in [-0.2, -0.15) is 0 Å². The first-order chi connectivity index (χ1) is 13.1. The Bertz CT molecular complexity index is 927. The Balaban J connectivity index is 2.01. The summed E-state index contributed by atoms with van der Waals surface area (Å²) < 4.78 is 31.8. The van der Waals surface area contributed by atoms with E-state index in [4.69, 9.17) is 4.74 Å². The smallest absolute Gasteiger partial charge is 0.341 e. The molecule has 1 aromatic carbocycles. The van der Waals surface area contributed by atoms with Gasteiger partial charge in [0.25, 0.3) is 5.91 Å². The van der Waals surface area contributed by atoms with Crippen molar-refractivity contribution in [2.24, 2.45) is 0 Å². The van der Waals surface area contributed by atoms with E-state index in [1.165, 1.54) is 31.3 Å². The number of carbonyl (C=O) groups is 3. The Morgan fingerprint density at radius 1 is 1.21 bits per heavy atom. The van der Waals surface area contributed by atoms with Crippen LogP contribution in [-0.4, -0.2) is 24.4 Å². The van der Waals surface area contributed by atoms with Crippen molar-refractivity contribution in [3.63, 3.8) is 0 Å². The zero-order valence-electron chi connectivity index (χ0n) is 15.8. The third kappa shape index (κ3) is 5.13. The lowest BCUT2D eigenvalue weighted by atomic mass is 10.1. The molecule has 0 spiro atoms. The summed E-state index contributed by atoms with van der Waals surface area (Å²) in [6.07, 6.45) is 0. The topological polar surface area (TPSA) is 84.5 Å². The van der Waals surface area contributed by atoms with Gasteiger partial charge in [0, 0.05) is 23.4 Å². The van der Waals surface area contributed by atoms with Crippen LogP contribution in [0.15, 0.2) is 18.2 Å². The number of rotatable bonds is 6. The van der Waals surface area contributed by atoms with Gasteiger partial charge >= 0.3 is 5.97 Å². The molecular weight excluding hydrogens is 390 g/mol. The first-order valence-electron chi connectivity index (χ1n) is 8.39. The van der Waals surface area contributed by atoms with Crippen LogP contribution in [0.1, 0.15) is 46.3 Å². The number of amides is 2. The van der Waals surface area contributed by atoms with Crippen molar-refractivity contribution in [3.8, 4) is 0 Å². The molecule has 0 aliphatic carbocycles. The Morgan fingerprint density at radius 2 is 1.89 bits per heavy atom. The Kier molecular flexibility index (Phi) is 6.85. The maximum absolute atomic E-state index is 13.8. The van der Waals surface area contributed by atoms with Gasteiger partial charge in [0.15, 0.2) is 6.61 Å². The maximum atomic E-state index is 13.8. The van der Waals surface area contributed by atoms with Crippen LogP contribution >= 0.6 is 11.3 Å². The zero-order chi connectivity index (χ0) is 21.0. The van der Waals surface area contributed by atoms with Crippen molar-refractivity contribution in [1.82, 2.24) is 5.32 Å². The molecule has 0 aliphatic heterocycles. The number of anilines is 1. The highest BCUT2D eigenvalue weighted by molar-refractivity contribution is 7.16. The first kappa shape index (κ1) is 21.5. The molecule has 0 saturated heterocycles. The number of ether oxygens (including phenoxy) is 1. The molecule has 0 unspecified atom stereocenters. The number of thiophene rings is 1. The predicted octanol–water partition coefficient (Wildman–Crippen LogP) is 3.64. The van der Waals surface area contributed by atoms with Crippen molar-refractivity contribution in [2.45, 2.75) is 33.7 Å². The first-order valence-corrected chi connectivity index (χ1v) is 9.20. The van der Waals surface area contributed by atoms with Crippen LogP contribution < -0.4 is 10.6 Å². The summed E-state index contributed by atoms with van der Waals surface area (Å²) in [5.41, 5.74) is 0.961. The minimum atomic E-state index is -0.783. The largest absolute Gasteiger partial charge is 0.452 e. The minimum Gasteiger partial charge on any atom is -0.452 e. The molecular formula is C19H20F2N2O4S. The number of benzene rings is 1. The number of esters is 1. The standard InChI is InChI=1S/C19H20F2N2O4S/c1-9-11(3)28-18(23-12(4)24)17(9)19(26)27-8-16(25)22-10(2)14-6-5-13(20)7-15(14)21/h5-7,10H,8H2,1-4H3,(H,22,25)(H,23,24)/t10-/m0/s1. The predicted molar refractivity (Wildman–Crippen MR) is 101 cm³/mol. The SMILES string of the molecule is CC(=O)Nc1sc(C)c(C)c1C(=O)OCC(=O)N[C@@H](C)c1ccc(F)cc1F. The number of hydrogen-bond acceptors (Lipinski definition) is 5. The van der Waals surface area contributed by atoms with E-state index in [1.807, 2.05) is 0 Å². The molecule has 1 heterocycles. The van der Waals surface area contributed by atoms with Crippen molar-refractivity contribution in [3.05, 3.63) is 51.4 Å². The monoisotopic (exact) mass is 410 g/mol. The van der Waals surface area contributed by atoms with Crippen molar-refractivity contribution in [2.75, 3.05) is 11.9 Å². The molecule has 9 heteroatoms. The quantitative estimate of drug-likeness (QED) is 0.712. The molecule has 0 bridgehead atoms. The van der Waals surface area contributed by atoms with Crippen LogP contribution in [0.4, 0.5) is 13.8 Å². The van der Waals surface area contributed by atoms with E-state index >= 15 is 0 Å². The van der Waals surface area contributed by atoms with Crippen LogP contribution in [0, 0.1) is 25.5 Å². The third-order valence-corrected chi connectivity index (χ3v) is 5.14.